The molecule has 0 amide bonds. The highest BCUT2D eigenvalue weighted by atomic mass is 35.5. The van der Waals surface area contributed by atoms with Crippen LogP contribution in [0.4, 0.5) is 11.8 Å². The van der Waals surface area contributed by atoms with E-state index in [1.165, 1.54) is 13.0 Å². The summed E-state index contributed by atoms with van der Waals surface area (Å²) in [6.45, 7) is 1.53. The van der Waals surface area contributed by atoms with Crippen molar-refractivity contribution in [1.29, 1.82) is 0 Å². The van der Waals surface area contributed by atoms with E-state index in [1.807, 2.05) is 0 Å². The van der Waals surface area contributed by atoms with E-state index < -0.39 is 10.0 Å². The van der Waals surface area contributed by atoms with Gasteiger partial charge in [0.15, 0.2) is 5.82 Å². The highest BCUT2D eigenvalue weighted by Crippen LogP contribution is 2.22. The SMILES string of the molecule is Cc1nnc(NS(=O)(=O)c2cnc(NN)c(Cl)c2)o1. The number of rotatable bonds is 4. The van der Waals surface area contributed by atoms with E-state index in [0.717, 1.165) is 6.20 Å². The van der Waals surface area contributed by atoms with Gasteiger partial charge < -0.3 is 9.84 Å². The molecule has 0 aliphatic carbocycles. The van der Waals surface area contributed by atoms with Crippen molar-refractivity contribution in [3.8, 4) is 0 Å². The van der Waals surface area contributed by atoms with Crippen molar-refractivity contribution in [3.63, 3.8) is 0 Å². The third-order valence-electron chi connectivity index (χ3n) is 2.01. The molecule has 0 unspecified atom stereocenters. The first-order chi connectivity index (χ1) is 8.92. The molecule has 0 saturated carbocycles. The standard InChI is InChI=1S/C8H9ClN6O3S/c1-4-13-14-8(18-4)15-19(16,17)5-2-6(9)7(12-10)11-3-5/h2-3H,10H2,1H3,(H,11,12)(H,14,15). The molecule has 0 atom stereocenters. The van der Waals surface area contributed by atoms with Crippen LogP contribution in [0.3, 0.4) is 0 Å². The maximum Gasteiger partial charge on any atom is 0.329 e. The van der Waals surface area contributed by atoms with Gasteiger partial charge in [-0.1, -0.05) is 16.7 Å². The molecule has 2 heterocycles. The number of nitrogens with one attached hydrogen (secondary N) is 2. The Morgan fingerprint density at radius 3 is 2.68 bits per heavy atom. The van der Waals surface area contributed by atoms with Crippen molar-refractivity contribution < 1.29 is 12.8 Å². The van der Waals surface area contributed by atoms with Crippen LogP contribution in [0, 0.1) is 6.92 Å². The van der Waals surface area contributed by atoms with Crippen molar-refractivity contribution in [2.24, 2.45) is 5.84 Å². The topological polar surface area (TPSA) is 136 Å². The van der Waals surface area contributed by atoms with E-state index in [2.05, 4.69) is 25.3 Å². The lowest BCUT2D eigenvalue weighted by atomic mass is 10.5. The molecule has 11 heteroatoms. The lowest BCUT2D eigenvalue weighted by molar-refractivity contribution is 0.534. The first kappa shape index (κ1) is 13.5. The first-order valence-corrected chi connectivity index (χ1v) is 6.73. The van der Waals surface area contributed by atoms with Gasteiger partial charge in [-0.15, -0.1) is 5.10 Å². The van der Waals surface area contributed by atoms with Gasteiger partial charge >= 0.3 is 6.01 Å². The fraction of sp³-hybridized carbons (Fsp3) is 0.125. The molecule has 0 aromatic carbocycles. The lowest BCUT2D eigenvalue weighted by Gasteiger charge is -2.06. The normalized spacial score (nSPS) is 11.3. The van der Waals surface area contributed by atoms with Crippen LogP contribution in [0.2, 0.25) is 5.02 Å². The Kier molecular flexibility index (Phi) is 3.55. The fourth-order valence-electron chi connectivity index (χ4n) is 1.19. The number of hydrogen-bond donors (Lipinski definition) is 3. The largest absolute Gasteiger partial charge is 0.408 e. The fourth-order valence-corrected chi connectivity index (χ4v) is 2.37. The van der Waals surface area contributed by atoms with Gasteiger partial charge in [0, 0.05) is 13.1 Å². The van der Waals surface area contributed by atoms with Gasteiger partial charge in [-0.3, -0.25) is 0 Å². The summed E-state index contributed by atoms with van der Waals surface area (Å²) in [4.78, 5) is 3.60. The van der Waals surface area contributed by atoms with Gasteiger partial charge in [0.05, 0.1) is 5.02 Å². The number of hydrazine groups is 1. The zero-order valence-corrected chi connectivity index (χ0v) is 11.2. The summed E-state index contributed by atoms with van der Waals surface area (Å²) in [5.74, 6) is 5.54. The molecule has 0 bridgehead atoms. The molecule has 0 radical (unpaired) electrons. The average Bonchev–Trinajstić information content (AvgIpc) is 2.73. The quantitative estimate of drug-likeness (QED) is 0.549. The minimum atomic E-state index is -3.91. The molecule has 4 N–H and O–H groups in total. The van der Waals surface area contributed by atoms with Gasteiger partial charge in [0.2, 0.25) is 5.89 Å². The number of sulfonamides is 1. The van der Waals surface area contributed by atoms with Crippen molar-refractivity contribution in [2.75, 3.05) is 10.1 Å². The summed E-state index contributed by atoms with van der Waals surface area (Å²) in [6, 6.07) is 0.949. The number of nitrogens with zero attached hydrogens (tertiary/aromatic N) is 3. The molecule has 0 saturated heterocycles. The third kappa shape index (κ3) is 2.92. The van der Waals surface area contributed by atoms with Gasteiger partial charge in [-0.25, -0.2) is 24.0 Å². The van der Waals surface area contributed by atoms with Crippen LogP contribution in [0.15, 0.2) is 21.6 Å². The lowest BCUT2D eigenvalue weighted by Crippen LogP contribution is -2.15. The molecule has 0 spiro atoms. The number of hydrogen-bond acceptors (Lipinski definition) is 8. The molecular weight excluding hydrogens is 296 g/mol. The van der Waals surface area contributed by atoms with E-state index in [1.54, 1.807) is 0 Å². The number of nitrogen functional groups attached to an aromatic ring is 1. The van der Waals surface area contributed by atoms with Gasteiger partial charge in [-0.05, 0) is 6.07 Å². The molecular formula is C8H9ClN6O3S. The number of pyridine rings is 1. The van der Waals surface area contributed by atoms with Crippen LogP contribution < -0.4 is 16.0 Å². The molecule has 9 nitrogen and oxygen atoms in total. The number of anilines is 2. The van der Waals surface area contributed by atoms with Crippen LogP contribution in [0.5, 0.6) is 0 Å². The molecule has 2 rings (SSSR count). The Morgan fingerprint density at radius 1 is 1.42 bits per heavy atom. The van der Waals surface area contributed by atoms with Crippen LogP contribution in [0.25, 0.3) is 0 Å². The Hall–Kier alpha value is -1.91. The van der Waals surface area contributed by atoms with E-state index >= 15 is 0 Å². The van der Waals surface area contributed by atoms with E-state index in [9.17, 15) is 8.42 Å². The molecule has 0 aliphatic rings. The van der Waals surface area contributed by atoms with Crippen LogP contribution in [0.1, 0.15) is 5.89 Å². The van der Waals surface area contributed by atoms with E-state index in [4.69, 9.17) is 21.9 Å². The number of aryl methyl sites for hydroxylation is 1. The van der Waals surface area contributed by atoms with Crippen molar-refractivity contribution >= 4 is 33.5 Å². The number of halogens is 1. The second kappa shape index (κ2) is 4.99. The van der Waals surface area contributed by atoms with Crippen LogP contribution in [-0.4, -0.2) is 23.6 Å². The second-order valence-corrected chi connectivity index (χ2v) is 5.47. The Morgan fingerprint density at radius 2 is 2.16 bits per heavy atom. The predicted molar refractivity (Wildman–Crippen MR) is 66.9 cm³/mol. The monoisotopic (exact) mass is 304 g/mol. The predicted octanol–water partition coefficient (Wildman–Crippen LogP) is 0.513. The molecule has 0 fully saturated rings. The first-order valence-electron chi connectivity index (χ1n) is 4.87. The second-order valence-electron chi connectivity index (χ2n) is 3.38. The maximum atomic E-state index is 12.0. The summed E-state index contributed by atoms with van der Waals surface area (Å²) < 4.78 is 31.0. The molecule has 2 aromatic rings. The molecule has 0 aliphatic heterocycles. The van der Waals surface area contributed by atoms with Gasteiger partial charge in [0.25, 0.3) is 10.0 Å². The minimum Gasteiger partial charge on any atom is -0.408 e. The van der Waals surface area contributed by atoms with E-state index in [0.29, 0.717) is 0 Å². The van der Waals surface area contributed by atoms with Crippen LogP contribution in [-0.2, 0) is 10.0 Å². The van der Waals surface area contributed by atoms with Crippen molar-refractivity contribution in [2.45, 2.75) is 11.8 Å². The summed E-state index contributed by atoms with van der Waals surface area (Å²) >= 11 is 5.79. The number of aromatic nitrogens is 3. The zero-order chi connectivity index (χ0) is 14.0. The zero-order valence-electron chi connectivity index (χ0n) is 9.58. The van der Waals surface area contributed by atoms with Crippen LogP contribution >= 0.6 is 11.6 Å². The molecule has 19 heavy (non-hydrogen) atoms. The summed E-state index contributed by atoms with van der Waals surface area (Å²) in [7, 11) is -3.91. The highest BCUT2D eigenvalue weighted by Gasteiger charge is 2.19. The molecule has 2 aromatic heterocycles. The smallest absolute Gasteiger partial charge is 0.329 e. The van der Waals surface area contributed by atoms with Gasteiger partial charge in [0.1, 0.15) is 4.90 Å². The highest BCUT2D eigenvalue weighted by molar-refractivity contribution is 7.92. The summed E-state index contributed by atoms with van der Waals surface area (Å²) in [5, 5.41) is 7.08. The summed E-state index contributed by atoms with van der Waals surface area (Å²) in [6.07, 6.45) is 1.09. The Labute approximate surface area is 113 Å². The van der Waals surface area contributed by atoms with Crippen molar-refractivity contribution in [3.05, 3.63) is 23.2 Å². The van der Waals surface area contributed by atoms with Crippen molar-refractivity contribution in [1.82, 2.24) is 15.2 Å². The number of nitrogens with two attached hydrogens (primary N) is 1. The average molecular weight is 305 g/mol. The Balaban J connectivity index is 2.31. The van der Waals surface area contributed by atoms with E-state index in [-0.39, 0.29) is 27.6 Å². The molecule has 102 valence electrons. The Bertz CT molecular complexity index is 700. The van der Waals surface area contributed by atoms with Gasteiger partial charge in [-0.2, -0.15) is 0 Å². The maximum absolute atomic E-state index is 12.0. The third-order valence-corrected chi connectivity index (χ3v) is 3.59. The summed E-state index contributed by atoms with van der Waals surface area (Å²) in [5.41, 5.74) is 2.23. The minimum absolute atomic E-state index is 0.0621.